The number of carbonyl (C=O) groups excluding carboxylic acids is 1. The highest BCUT2D eigenvalue weighted by molar-refractivity contribution is 6.00. The van der Waals surface area contributed by atoms with Gasteiger partial charge in [-0.05, 0) is 55.7 Å². The third-order valence-corrected chi connectivity index (χ3v) is 6.38. The first kappa shape index (κ1) is 16.4. The Bertz CT molecular complexity index is 1080. The quantitative estimate of drug-likeness (QED) is 0.478. The molecular weight excluding hydrogens is 336 g/mol. The van der Waals surface area contributed by atoms with Crippen molar-refractivity contribution in [3.05, 3.63) is 70.8 Å². The van der Waals surface area contributed by atoms with Gasteiger partial charge in [0.05, 0.1) is 5.56 Å². The van der Waals surface area contributed by atoms with Crippen LogP contribution < -0.4 is 4.74 Å². The molecule has 1 fully saturated rings. The SMILES string of the molecule is Cc1ccc2c(O)c3c(c(OC(=O)c4ccccc4)c2c1)C1CCC3(C)C1. The van der Waals surface area contributed by atoms with Gasteiger partial charge in [-0.2, -0.15) is 0 Å². The highest BCUT2D eigenvalue weighted by Crippen LogP contribution is 2.63. The molecule has 2 atom stereocenters. The molecule has 2 unspecified atom stereocenters. The zero-order chi connectivity index (χ0) is 18.8. The second-order valence-corrected chi connectivity index (χ2v) is 8.27. The molecule has 3 aromatic carbocycles. The van der Waals surface area contributed by atoms with E-state index in [2.05, 4.69) is 6.92 Å². The van der Waals surface area contributed by atoms with Crippen LogP contribution in [-0.4, -0.2) is 11.1 Å². The van der Waals surface area contributed by atoms with Gasteiger partial charge in [-0.15, -0.1) is 0 Å². The first-order valence-corrected chi connectivity index (χ1v) is 9.55. The molecule has 0 aromatic heterocycles. The average molecular weight is 358 g/mol. The van der Waals surface area contributed by atoms with Crippen LogP contribution in [0, 0.1) is 6.92 Å². The van der Waals surface area contributed by atoms with Crippen molar-refractivity contribution in [2.75, 3.05) is 0 Å². The van der Waals surface area contributed by atoms with E-state index in [9.17, 15) is 9.90 Å². The topological polar surface area (TPSA) is 46.5 Å². The van der Waals surface area contributed by atoms with Gasteiger partial charge in [0.25, 0.3) is 0 Å². The van der Waals surface area contributed by atoms with E-state index in [1.54, 1.807) is 12.1 Å². The molecular formula is C24H22O3. The highest BCUT2D eigenvalue weighted by atomic mass is 16.5. The summed E-state index contributed by atoms with van der Waals surface area (Å²) in [6.45, 7) is 4.24. The van der Waals surface area contributed by atoms with Crippen LogP contribution in [0.2, 0.25) is 0 Å². The van der Waals surface area contributed by atoms with Crippen molar-refractivity contribution in [2.45, 2.75) is 44.4 Å². The number of phenols is 1. The van der Waals surface area contributed by atoms with Gasteiger partial charge in [0.15, 0.2) is 0 Å². The molecule has 0 saturated heterocycles. The standard InChI is InChI=1S/C24H22O3/c1-14-8-9-17-18(12-14)22(27-23(26)15-6-4-3-5-7-15)19-16-10-11-24(2,13-16)20(19)21(17)25/h3-9,12,16,25H,10-11,13H2,1-2H3. The minimum Gasteiger partial charge on any atom is -0.507 e. The molecule has 0 spiro atoms. The maximum atomic E-state index is 12.8. The summed E-state index contributed by atoms with van der Waals surface area (Å²) in [7, 11) is 0. The molecule has 0 amide bonds. The number of aryl methyl sites for hydroxylation is 1. The molecule has 3 heteroatoms. The summed E-state index contributed by atoms with van der Waals surface area (Å²) in [6.07, 6.45) is 3.17. The van der Waals surface area contributed by atoms with Crippen molar-refractivity contribution < 1.29 is 14.6 Å². The average Bonchev–Trinajstić information content (AvgIpc) is 3.19. The Morgan fingerprint density at radius 1 is 1.15 bits per heavy atom. The second kappa shape index (κ2) is 5.59. The fraction of sp³-hybridized carbons (Fsp3) is 0.292. The maximum absolute atomic E-state index is 12.8. The molecule has 2 aliphatic carbocycles. The van der Waals surface area contributed by atoms with Gasteiger partial charge >= 0.3 is 5.97 Å². The lowest BCUT2D eigenvalue weighted by atomic mass is 9.78. The van der Waals surface area contributed by atoms with E-state index in [0.29, 0.717) is 23.0 Å². The summed E-state index contributed by atoms with van der Waals surface area (Å²) >= 11 is 0. The molecule has 3 aromatic rings. The van der Waals surface area contributed by atoms with Crippen LogP contribution in [0.25, 0.3) is 10.8 Å². The summed E-state index contributed by atoms with van der Waals surface area (Å²) in [5, 5.41) is 12.7. The molecule has 27 heavy (non-hydrogen) atoms. The summed E-state index contributed by atoms with van der Waals surface area (Å²) in [5.74, 6) is 1.01. The Hall–Kier alpha value is -2.81. The van der Waals surface area contributed by atoms with E-state index < -0.39 is 0 Å². The molecule has 2 bridgehead atoms. The van der Waals surface area contributed by atoms with E-state index in [1.807, 2.05) is 43.3 Å². The molecule has 0 heterocycles. The Balaban J connectivity index is 1.76. The molecule has 3 nitrogen and oxygen atoms in total. The van der Waals surface area contributed by atoms with Crippen molar-refractivity contribution in [1.29, 1.82) is 0 Å². The number of ether oxygens (including phenoxy) is 1. The molecule has 1 saturated carbocycles. The Kier molecular flexibility index (Phi) is 3.39. The number of aromatic hydroxyl groups is 1. The number of benzene rings is 3. The lowest BCUT2D eigenvalue weighted by Gasteiger charge is -2.28. The predicted octanol–water partition coefficient (Wildman–Crippen LogP) is 5.61. The minimum atomic E-state index is -0.348. The van der Waals surface area contributed by atoms with Gasteiger partial charge in [0.2, 0.25) is 0 Å². The van der Waals surface area contributed by atoms with Gasteiger partial charge < -0.3 is 9.84 Å². The fourth-order valence-electron chi connectivity index (χ4n) is 5.12. The van der Waals surface area contributed by atoms with Crippen LogP contribution >= 0.6 is 0 Å². The van der Waals surface area contributed by atoms with E-state index in [1.165, 1.54) is 0 Å². The van der Waals surface area contributed by atoms with E-state index in [-0.39, 0.29) is 11.4 Å². The highest BCUT2D eigenvalue weighted by Gasteiger charge is 2.50. The van der Waals surface area contributed by atoms with Crippen molar-refractivity contribution >= 4 is 16.7 Å². The molecule has 2 aliphatic rings. The van der Waals surface area contributed by atoms with Crippen LogP contribution in [0.4, 0.5) is 0 Å². The fourth-order valence-corrected chi connectivity index (χ4v) is 5.12. The summed E-state index contributed by atoms with van der Waals surface area (Å²) < 4.78 is 6.01. The Morgan fingerprint density at radius 2 is 1.93 bits per heavy atom. The Morgan fingerprint density at radius 3 is 2.70 bits per heavy atom. The summed E-state index contributed by atoms with van der Waals surface area (Å²) in [4.78, 5) is 12.8. The summed E-state index contributed by atoms with van der Waals surface area (Å²) in [5.41, 5.74) is 3.62. The predicted molar refractivity (Wildman–Crippen MR) is 106 cm³/mol. The third-order valence-electron chi connectivity index (χ3n) is 6.38. The number of hydrogen-bond acceptors (Lipinski definition) is 3. The first-order valence-electron chi connectivity index (χ1n) is 9.55. The number of phenolic OH excluding ortho intramolecular Hbond substituents is 1. The molecule has 5 rings (SSSR count). The zero-order valence-electron chi connectivity index (χ0n) is 15.6. The van der Waals surface area contributed by atoms with Crippen LogP contribution in [0.1, 0.15) is 59.2 Å². The van der Waals surface area contributed by atoms with Crippen LogP contribution in [0.5, 0.6) is 11.5 Å². The third kappa shape index (κ3) is 2.31. The van der Waals surface area contributed by atoms with Gasteiger partial charge in [0, 0.05) is 21.9 Å². The van der Waals surface area contributed by atoms with Gasteiger partial charge in [-0.3, -0.25) is 0 Å². The van der Waals surface area contributed by atoms with Crippen LogP contribution in [0.3, 0.4) is 0 Å². The van der Waals surface area contributed by atoms with Crippen LogP contribution in [0.15, 0.2) is 48.5 Å². The van der Waals surface area contributed by atoms with Crippen molar-refractivity contribution in [3.63, 3.8) is 0 Å². The van der Waals surface area contributed by atoms with Gasteiger partial charge in [-0.25, -0.2) is 4.79 Å². The lowest BCUT2D eigenvalue weighted by Crippen LogP contribution is -2.18. The zero-order valence-corrected chi connectivity index (χ0v) is 15.6. The molecule has 0 aliphatic heterocycles. The maximum Gasteiger partial charge on any atom is 0.343 e. The molecule has 0 radical (unpaired) electrons. The van der Waals surface area contributed by atoms with E-state index in [4.69, 9.17) is 4.74 Å². The monoisotopic (exact) mass is 358 g/mol. The van der Waals surface area contributed by atoms with Crippen molar-refractivity contribution in [2.24, 2.45) is 0 Å². The number of hydrogen-bond donors (Lipinski definition) is 1. The van der Waals surface area contributed by atoms with Crippen molar-refractivity contribution in [3.8, 4) is 11.5 Å². The van der Waals surface area contributed by atoms with Crippen molar-refractivity contribution in [1.82, 2.24) is 0 Å². The number of rotatable bonds is 2. The molecule has 1 N–H and O–H groups in total. The first-order chi connectivity index (χ1) is 13.0. The molecule has 136 valence electrons. The minimum absolute atomic E-state index is 0.0307. The van der Waals surface area contributed by atoms with E-state index in [0.717, 1.165) is 46.7 Å². The van der Waals surface area contributed by atoms with Gasteiger partial charge in [-0.1, -0.05) is 42.8 Å². The second-order valence-electron chi connectivity index (χ2n) is 8.27. The summed E-state index contributed by atoms with van der Waals surface area (Å²) in [6, 6.07) is 15.0. The van der Waals surface area contributed by atoms with E-state index >= 15 is 0 Å². The Labute approximate surface area is 158 Å². The van der Waals surface area contributed by atoms with Crippen LogP contribution in [-0.2, 0) is 5.41 Å². The number of esters is 1. The largest absolute Gasteiger partial charge is 0.507 e. The normalized spacial score (nSPS) is 22.8. The lowest BCUT2D eigenvalue weighted by molar-refractivity contribution is 0.0735. The number of fused-ring (bicyclic) bond motifs is 6. The van der Waals surface area contributed by atoms with Gasteiger partial charge in [0.1, 0.15) is 11.5 Å². The smallest absolute Gasteiger partial charge is 0.343 e. The number of carbonyl (C=O) groups is 1.